The lowest BCUT2D eigenvalue weighted by molar-refractivity contribution is 0.467. The normalized spacial score (nSPS) is 17.1. The predicted molar refractivity (Wildman–Crippen MR) is 85.0 cm³/mol. The number of benzene rings is 2. The zero-order chi connectivity index (χ0) is 16.0. The van der Waals surface area contributed by atoms with Gasteiger partial charge < -0.3 is 0 Å². The van der Waals surface area contributed by atoms with E-state index >= 15 is 0 Å². The first-order valence-corrected chi connectivity index (χ1v) is 8.64. The lowest BCUT2D eigenvalue weighted by Gasteiger charge is -2.39. The molecule has 0 bridgehead atoms. The molecule has 1 heterocycles. The molecule has 22 heavy (non-hydrogen) atoms. The SMILES string of the molecule is CC1(C)CCN(S(=O)(=O)c2ccc(F)cc2)c2ccccc21. The maximum absolute atomic E-state index is 13.0. The summed E-state index contributed by atoms with van der Waals surface area (Å²) in [5.41, 5.74) is 1.67. The van der Waals surface area contributed by atoms with Crippen molar-refractivity contribution in [3.8, 4) is 0 Å². The second-order valence-electron chi connectivity index (χ2n) is 6.18. The number of fused-ring (bicyclic) bond motifs is 1. The molecule has 116 valence electrons. The number of nitrogens with zero attached hydrogens (tertiary/aromatic N) is 1. The minimum atomic E-state index is -3.68. The Morgan fingerprint density at radius 1 is 1.05 bits per heavy atom. The van der Waals surface area contributed by atoms with Gasteiger partial charge in [0.15, 0.2) is 0 Å². The van der Waals surface area contributed by atoms with E-state index in [4.69, 9.17) is 0 Å². The van der Waals surface area contributed by atoms with Gasteiger partial charge in [-0.1, -0.05) is 32.0 Å². The number of halogens is 1. The van der Waals surface area contributed by atoms with Crippen LogP contribution < -0.4 is 4.31 Å². The van der Waals surface area contributed by atoms with Crippen molar-refractivity contribution in [2.24, 2.45) is 0 Å². The molecule has 1 aliphatic rings. The van der Waals surface area contributed by atoms with Crippen LogP contribution >= 0.6 is 0 Å². The van der Waals surface area contributed by atoms with Gasteiger partial charge in [-0.2, -0.15) is 0 Å². The van der Waals surface area contributed by atoms with E-state index in [1.807, 2.05) is 24.3 Å². The van der Waals surface area contributed by atoms with Crippen LogP contribution in [0.2, 0.25) is 0 Å². The highest BCUT2D eigenvalue weighted by atomic mass is 32.2. The molecule has 0 unspecified atom stereocenters. The quantitative estimate of drug-likeness (QED) is 0.846. The molecule has 0 fully saturated rings. The predicted octanol–water partition coefficient (Wildman–Crippen LogP) is 3.70. The maximum Gasteiger partial charge on any atom is 0.264 e. The van der Waals surface area contributed by atoms with Crippen LogP contribution in [0.1, 0.15) is 25.8 Å². The molecule has 0 spiro atoms. The Morgan fingerprint density at radius 3 is 2.36 bits per heavy atom. The minimum Gasteiger partial charge on any atom is -0.266 e. The first kappa shape index (κ1) is 15.0. The minimum absolute atomic E-state index is 0.0641. The Kier molecular flexibility index (Phi) is 3.48. The van der Waals surface area contributed by atoms with Crippen molar-refractivity contribution in [2.75, 3.05) is 10.8 Å². The average molecular weight is 319 g/mol. The number of hydrogen-bond acceptors (Lipinski definition) is 2. The van der Waals surface area contributed by atoms with Gasteiger partial charge in [-0.3, -0.25) is 4.31 Å². The Balaban J connectivity index is 2.11. The highest BCUT2D eigenvalue weighted by Crippen LogP contribution is 2.41. The van der Waals surface area contributed by atoms with E-state index < -0.39 is 15.8 Å². The van der Waals surface area contributed by atoms with E-state index in [0.717, 1.165) is 12.0 Å². The van der Waals surface area contributed by atoms with Crippen molar-refractivity contribution in [1.82, 2.24) is 0 Å². The summed E-state index contributed by atoms with van der Waals surface area (Å²) in [6.07, 6.45) is 0.741. The molecule has 2 aromatic rings. The Labute approximate surface area is 130 Å². The van der Waals surface area contributed by atoms with Crippen LogP contribution in [0.5, 0.6) is 0 Å². The third-order valence-corrected chi connectivity index (χ3v) is 6.07. The topological polar surface area (TPSA) is 37.4 Å². The summed E-state index contributed by atoms with van der Waals surface area (Å²) >= 11 is 0. The first-order chi connectivity index (χ1) is 10.3. The van der Waals surface area contributed by atoms with Gasteiger partial charge in [-0.15, -0.1) is 0 Å². The smallest absolute Gasteiger partial charge is 0.264 e. The fraction of sp³-hybridized carbons (Fsp3) is 0.294. The standard InChI is InChI=1S/C17H18FNO2S/c1-17(2)11-12-19(16-6-4-3-5-15(16)17)22(20,21)14-9-7-13(18)8-10-14/h3-10H,11-12H2,1-2H3. The lowest BCUT2D eigenvalue weighted by Crippen LogP contribution is -2.40. The van der Waals surface area contributed by atoms with E-state index in [9.17, 15) is 12.8 Å². The number of para-hydroxylation sites is 1. The van der Waals surface area contributed by atoms with E-state index in [-0.39, 0.29) is 10.3 Å². The van der Waals surface area contributed by atoms with Gasteiger partial charge in [0.25, 0.3) is 10.0 Å². The third-order valence-electron chi connectivity index (χ3n) is 4.24. The fourth-order valence-corrected chi connectivity index (χ4v) is 4.37. The third kappa shape index (κ3) is 2.39. The fourth-order valence-electron chi connectivity index (χ4n) is 2.88. The molecule has 0 atom stereocenters. The maximum atomic E-state index is 13.0. The van der Waals surface area contributed by atoms with Crippen molar-refractivity contribution < 1.29 is 12.8 Å². The van der Waals surface area contributed by atoms with Crippen LogP contribution in [0, 0.1) is 5.82 Å². The Bertz CT molecular complexity index is 798. The summed E-state index contributed by atoms with van der Waals surface area (Å²) in [7, 11) is -3.68. The van der Waals surface area contributed by atoms with Crippen molar-refractivity contribution in [3.05, 3.63) is 59.9 Å². The molecule has 2 aromatic carbocycles. The van der Waals surface area contributed by atoms with E-state index in [2.05, 4.69) is 13.8 Å². The molecule has 3 rings (SSSR count). The summed E-state index contributed by atoms with van der Waals surface area (Å²) in [5, 5.41) is 0. The van der Waals surface area contributed by atoms with Crippen molar-refractivity contribution in [2.45, 2.75) is 30.6 Å². The zero-order valence-corrected chi connectivity index (χ0v) is 13.4. The second-order valence-corrected chi connectivity index (χ2v) is 8.04. The van der Waals surface area contributed by atoms with Crippen LogP contribution in [-0.2, 0) is 15.4 Å². The van der Waals surface area contributed by atoms with Gasteiger partial charge in [0.2, 0.25) is 0 Å². The van der Waals surface area contributed by atoms with Crippen LogP contribution in [0.3, 0.4) is 0 Å². The van der Waals surface area contributed by atoms with Crippen LogP contribution in [0.4, 0.5) is 10.1 Å². The molecule has 0 aliphatic carbocycles. The second kappa shape index (κ2) is 5.09. The van der Waals surface area contributed by atoms with E-state index in [0.29, 0.717) is 12.2 Å². The number of hydrogen-bond donors (Lipinski definition) is 0. The molecule has 3 nitrogen and oxygen atoms in total. The molecule has 0 aromatic heterocycles. The van der Waals surface area contributed by atoms with Gasteiger partial charge in [-0.05, 0) is 47.7 Å². The van der Waals surface area contributed by atoms with Crippen molar-refractivity contribution in [3.63, 3.8) is 0 Å². The van der Waals surface area contributed by atoms with Gasteiger partial charge in [0, 0.05) is 6.54 Å². The largest absolute Gasteiger partial charge is 0.266 e. The van der Waals surface area contributed by atoms with Crippen LogP contribution in [-0.4, -0.2) is 15.0 Å². The summed E-state index contributed by atoms with van der Waals surface area (Å²) in [5.74, 6) is -0.445. The van der Waals surface area contributed by atoms with Crippen LogP contribution in [0.15, 0.2) is 53.4 Å². The summed E-state index contributed by atoms with van der Waals surface area (Å²) in [6.45, 7) is 4.66. The molecular formula is C17H18FNO2S. The molecule has 0 radical (unpaired) electrons. The highest BCUT2D eigenvalue weighted by molar-refractivity contribution is 7.92. The van der Waals surface area contributed by atoms with E-state index in [1.165, 1.54) is 28.6 Å². The molecule has 1 aliphatic heterocycles. The lowest BCUT2D eigenvalue weighted by atomic mass is 9.78. The monoisotopic (exact) mass is 319 g/mol. The van der Waals surface area contributed by atoms with Gasteiger partial charge >= 0.3 is 0 Å². The number of rotatable bonds is 2. The molecule has 0 saturated heterocycles. The number of sulfonamides is 1. The van der Waals surface area contributed by atoms with Crippen LogP contribution in [0.25, 0.3) is 0 Å². The highest BCUT2D eigenvalue weighted by Gasteiger charge is 2.36. The van der Waals surface area contributed by atoms with Gasteiger partial charge in [-0.25, -0.2) is 12.8 Å². The zero-order valence-electron chi connectivity index (χ0n) is 12.6. The summed E-state index contributed by atoms with van der Waals surface area (Å²) in [6, 6.07) is 12.5. The van der Waals surface area contributed by atoms with Gasteiger partial charge in [0.05, 0.1) is 10.6 Å². The van der Waals surface area contributed by atoms with E-state index in [1.54, 1.807) is 0 Å². The number of anilines is 1. The summed E-state index contributed by atoms with van der Waals surface area (Å²) < 4.78 is 40.2. The Morgan fingerprint density at radius 2 is 1.68 bits per heavy atom. The Hall–Kier alpha value is -1.88. The summed E-state index contributed by atoms with van der Waals surface area (Å²) in [4.78, 5) is 0.114. The molecule has 0 saturated carbocycles. The molecule has 0 N–H and O–H groups in total. The van der Waals surface area contributed by atoms with Crippen molar-refractivity contribution in [1.29, 1.82) is 0 Å². The molecule has 5 heteroatoms. The molecular weight excluding hydrogens is 301 g/mol. The molecule has 0 amide bonds. The first-order valence-electron chi connectivity index (χ1n) is 7.20. The van der Waals surface area contributed by atoms with Gasteiger partial charge in [0.1, 0.15) is 5.82 Å². The van der Waals surface area contributed by atoms with Crippen molar-refractivity contribution >= 4 is 15.7 Å². The average Bonchev–Trinajstić information content (AvgIpc) is 2.47.